The lowest BCUT2D eigenvalue weighted by Crippen LogP contribution is -2.54. The van der Waals surface area contributed by atoms with Crippen LogP contribution >= 0.6 is 0 Å². The van der Waals surface area contributed by atoms with E-state index in [9.17, 15) is 34.8 Å². The Morgan fingerprint density at radius 3 is 1.82 bits per heavy atom. The number of ether oxygens (including phenoxy) is 1. The molecule has 5 atom stereocenters. The molecule has 0 unspecified atom stereocenters. The zero-order valence-electron chi connectivity index (χ0n) is 24.1. The first kappa shape index (κ1) is 38.0. The summed E-state index contributed by atoms with van der Waals surface area (Å²) in [7, 11) is 0. The van der Waals surface area contributed by atoms with Crippen LogP contribution in [0.25, 0.3) is 0 Å². The van der Waals surface area contributed by atoms with Crippen LogP contribution in [0, 0.1) is 0 Å². The average molecular weight is 576 g/mol. The molecule has 0 aliphatic carbocycles. The predicted octanol–water partition coefficient (Wildman–Crippen LogP) is 2.35. The summed E-state index contributed by atoms with van der Waals surface area (Å²) >= 11 is 0. The van der Waals surface area contributed by atoms with E-state index in [0.717, 1.165) is 44.9 Å². The molecule has 0 saturated heterocycles. The number of esters is 1. The second-order valence-electron chi connectivity index (χ2n) is 10.3. The van der Waals surface area contributed by atoms with E-state index in [1.165, 1.54) is 38.5 Å². The lowest BCUT2D eigenvalue weighted by Gasteiger charge is -2.26. The van der Waals surface area contributed by atoms with Gasteiger partial charge in [0.2, 0.25) is 0 Å². The van der Waals surface area contributed by atoms with E-state index in [1.807, 2.05) is 0 Å². The molecule has 11 nitrogen and oxygen atoms in total. The van der Waals surface area contributed by atoms with E-state index >= 15 is 0 Å². The summed E-state index contributed by atoms with van der Waals surface area (Å²) in [5.41, 5.74) is 0. The molecule has 7 N–H and O–H groups in total. The number of aliphatic carboxylic acids is 1. The van der Waals surface area contributed by atoms with Crippen molar-refractivity contribution in [1.29, 1.82) is 0 Å². The first-order valence-corrected chi connectivity index (χ1v) is 14.8. The van der Waals surface area contributed by atoms with Crippen molar-refractivity contribution in [1.82, 2.24) is 5.32 Å². The highest BCUT2D eigenvalue weighted by molar-refractivity contribution is 5.87. The minimum atomic E-state index is -2.24. The number of aliphatic hydroxyl groups is 5. The third-order valence-electron chi connectivity index (χ3n) is 6.67. The summed E-state index contributed by atoms with van der Waals surface area (Å²) in [4.78, 5) is 35.6. The molecule has 40 heavy (non-hydrogen) atoms. The van der Waals surface area contributed by atoms with Crippen LogP contribution in [0.2, 0.25) is 0 Å². The number of unbranched alkanes of at least 4 members (excludes halogenated alkanes) is 12. The molecule has 0 saturated carbocycles. The second-order valence-corrected chi connectivity index (χ2v) is 10.3. The molecule has 0 aliphatic rings. The fourth-order valence-corrected chi connectivity index (χ4v) is 4.07. The van der Waals surface area contributed by atoms with Gasteiger partial charge in [-0.3, -0.25) is 9.59 Å². The second kappa shape index (κ2) is 24.7. The van der Waals surface area contributed by atoms with E-state index in [-0.39, 0.29) is 13.0 Å². The van der Waals surface area contributed by atoms with Crippen molar-refractivity contribution in [2.24, 2.45) is 0 Å². The summed E-state index contributed by atoms with van der Waals surface area (Å²) in [6.45, 7) is 1.40. The summed E-state index contributed by atoms with van der Waals surface area (Å²) in [6, 6.07) is -1.39. The molecule has 0 aromatic carbocycles. The SMILES string of the molecule is CCCCCCCC/C=C\CCCCCCCCOC(=O)[C@H](CCC(=O)O)NC(=O)[C@H](O)[C@@H](O)[C@H](O)[C@@H](O)CO. The molecule has 0 aliphatic heterocycles. The van der Waals surface area contributed by atoms with Crippen LogP contribution in [-0.4, -0.2) is 92.2 Å². The Kier molecular flexibility index (Phi) is 23.5. The van der Waals surface area contributed by atoms with Gasteiger partial charge in [0.15, 0.2) is 6.10 Å². The maximum atomic E-state index is 12.4. The number of aliphatic hydroxyl groups excluding tert-OH is 5. The fourth-order valence-electron chi connectivity index (χ4n) is 4.07. The van der Waals surface area contributed by atoms with Crippen molar-refractivity contribution >= 4 is 17.8 Å². The van der Waals surface area contributed by atoms with Gasteiger partial charge in [0.05, 0.1) is 13.2 Å². The summed E-state index contributed by atoms with van der Waals surface area (Å²) in [5, 5.41) is 58.7. The van der Waals surface area contributed by atoms with Crippen molar-refractivity contribution in [3.63, 3.8) is 0 Å². The van der Waals surface area contributed by atoms with Gasteiger partial charge in [0.1, 0.15) is 24.4 Å². The predicted molar refractivity (Wildman–Crippen MR) is 150 cm³/mol. The molecule has 0 aromatic heterocycles. The van der Waals surface area contributed by atoms with Crippen molar-refractivity contribution < 1.29 is 49.8 Å². The standard InChI is InChI=1S/C29H53NO10/c1-2-3-4-5-6-7-8-9-10-11-12-13-14-15-16-17-20-40-29(39)22(18-19-24(33)34)30-28(38)27(37)26(36)25(35)23(32)21-31/h9-10,22-23,25-27,31-32,35-37H,2-8,11-21H2,1H3,(H,30,38)(H,33,34)/b10-9-/t22-,23-,25+,26-,27+/m0/s1. The number of carbonyl (C=O) groups is 3. The lowest BCUT2D eigenvalue weighted by molar-refractivity contribution is -0.155. The van der Waals surface area contributed by atoms with Crippen LogP contribution in [0.4, 0.5) is 0 Å². The molecular weight excluding hydrogens is 522 g/mol. The molecule has 11 heteroatoms. The van der Waals surface area contributed by atoms with Gasteiger partial charge in [-0.25, -0.2) is 4.79 Å². The van der Waals surface area contributed by atoms with Crippen LogP contribution in [0.15, 0.2) is 12.2 Å². The number of rotatable bonds is 26. The number of nitrogens with one attached hydrogen (secondary N) is 1. The van der Waals surface area contributed by atoms with Crippen LogP contribution in [0.5, 0.6) is 0 Å². The third-order valence-corrected chi connectivity index (χ3v) is 6.67. The number of allylic oxidation sites excluding steroid dienone is 2. The Bertz CT molecular complexity index is 702. The zero-order chi connectivity index (χ0) is 30.2. The van der Waals surface area contributed by atoms with Gasteiger partial charge >= 0.3 is 11.9 Å². The number of hydrogen-bond acceptors (Lipinski definition) is 9. The Balaban J connectivity index is 4.19. The van der Waals surface area contributed by atoms with Crippen molar-refractivity contribution in [3.05, 3.63) is 12.2 Å². The topological polar surface area (TPSA) is 194 Å². The van der Waals surface area contributed by atoms with Crippen LogP contribution in [0.3, 0.4) is 0 Å². The Labute approximate surface area is 238 Å². The monoisotopic (exact) mass is 575 g/mol. The molecule has 0 aromatic rings. The highest BCUT2D eigenvalue weighted by Gasteiger charge is 2.36. The molecule has 0 spiro atoms. The first-order valence-electron chi connectivity index (χ1n) is 14.8. The molecule has 234 valence electrons. The smallest absolute Gasteiger partial charge is 0.328 e. The molecule has 0 bridgehead atoms. The molecule has 1 amide bonds. The highest BCUT2D eigenvalue weighted by atomic mass is 16.5. The van der Waals surface area contributed by atoms with E-state index in [0.29, 0.717) is 6.42 Å². The van der Waals surface area contributed by atoms with Gasteiger partial charge in [-0.05, 0) is 38.5 Å². The number of carbonyl (C=O) groups excluding carboxylic acids is 2. The normalized spacial score (nSPS) is 15.3. The molecule has 0 fully saturated rings. The highest BCUT2D eigenvalue weighted by Crippen LogP contribution is 2.11. The largest absolute Gasteiger partial charge is 0.481 e. The summed E-state index contributed by atoms with van der Waals surface area (Å²) in [6.07, 6.45) is 11.5. The van der Waals surface area contributed by atoms with Crippen LogP contribution in [-0.2, 0) is 19.1 Å². The van der Waals surface area contributed by atoms with Gasteiger partial charge in [-0.15, -0.1) is 0 Å². The quantitative estimate of drug-likeness (QED) is 0.0457. The number of carboxylic acid groups (broad SMARTS) is 1. The maximum absolute atomic E-state index is 12.4. The average Bonchev–Trinajstić information content (AvgIpc) is 2.94. The minimum Gasteiger partial charge on any atom is -0.481 e. The van der Waals surface area contributed by atoms with Crippen molar-refractivity contribution in [2.75, 3.05) is 13.2 Å². The number of amides is 1. The van der Waals surface area contributed by atoms with Crippen LogP contribution < -0.4 is 5.32 Å². The fraction of sp³-hybridized carbons (Fsp3) is 0.828. The van der Waals surface area contributed by atoms with E-state index in [2.05, 4.69) is 24.4 Å². The molecule has 0 radical (unpaired) electrons. The first-order chi connectivity index (χ1) is 19.1. The molecule has 0 heterocycles. The number of carboxylic acids is 1. The summed E-state index contributed by atoms with van der Waals surface area (Å²) in [5.74, 6) is -3.34. The van der Waals surface area contributed by atoms with Gasteiger partial charge in [0.25, 0.3) is 5.91 Å². The zero-order valence-corrected chi connectivity index (χ0v) is 24.1. The van der Waals surface area contributed by atoms with Gasteiger partial charge in [-0.1, -0.05) is 76.9 Å². The summed E-state index contributed by atoms with van der Waals surface area (Å²) < 4.78 is 5.18. The van der Waals surface area contributed by atoms with E-state index in [4.69, 9.17) is 14.9 Å². The Morgan fingerprint density at radius 1 is 0.775 bits per heavy atom. The van der Waals surface area contributed by atoms with Crippen LogP contribution in [0.1, 0.15) is 110 Å². The van der Waals surface area contributed by atoms with Crippen molar-refractivity contribution in [2.45, 2.75) is 140 Å². The molecular formula is C29H53NO10. The lowest BCUT2D eigenvalue weighted by atomic mass is 10.0. The van der Waals surface area contributed by atoms with E-state index < -0.39 is 61.3 Å². The molecule has 0 rings (SSSR count). The van der Waals surface area contributed by atoms with Crippen molar-refractivity contribution in [3.8, 4) is 0 Å². The number of hydrogen-bond donors (Lipinski definition) is 7. The Morgan fingerprint density at radius 2 is 1.30 bits per heavy atom. The van der Waals surface area contributed by atoms with Gasteiger partial charge in [-0.2, -0.15) is 0 Å². The van der Waals surface area contributed by atoms with Gasteiger partial charge in [0, 0.05) is 6.42 Å². The Hall–Kier alpha value is -2.05. The van der Waals surface area contributed by atoms with E-state index in [1.54, 1.807) is 0 Å². The minimum absolute atomic E-state index is 0.0893. The maximum Gasteiger partial charge on any atom is 0.328 e. The third kappa shape index (κ3) is 19.1. The van der Waals surface area contributed by atoms with Gasteiger partial charge < -0.3 is 40.7 Å².